The van der Waals surface area contributed by atoms with Crippen molar-refractivity contribution < 1.29 is 0 Å². The van der Waals surface area contributed by atoms with Crippen LogP contribution in [-0.4, -0.2) is 4.57 Å². The van der Waals surface area contributed by atoms with Gasteiger partial charge in [-0.3, -0.25) is 0 Å². The Labute approximate surface area is 606 Å². The first-order chi connectivity index (χ1) is 51.6. The Morgan fingerprint density at radius 2 is 0.490 bits per heavy atom. The van der Waals surface area contributed by atoms with Crippen LogP contribution in [-0.2, 0) is 5.41 Å². The molecule has 5 nitrogen and oxygen atoms in total. The number of aromatic nitrogens is 1. The second-order valence-corrected chi connectivity index (χ2v) is 26.8. The normalized spacial score (nSPS) is 12.1. The average molecular weight is 1330 g/mol. The fraction of sp³-hybridized carbons (Fsp3) is 0.0101. The molecule has 19 rings (SSSR count). The maximum atomic E-state index is 2.52. The Morgan fingerprint density at radius 1 is 0.192 bits per heavy atom. The Balaban J connectivity index is 0.767. The molecule has 18 aromatic rings. The third-order valence-electron chi connectivity index (χ3n) is 21.0. The van der Waals surface area contributed by atoms with Crippen molar-refractivity contribution >= 4 is 112 Å². The van der Waals surface area contributed by atoms with E-state index >= 15 is 0 Å². The Hall–Kier alpha value is -13.7. The highest BCUT2D eigenvalue weighted by molar-refractivity contribution is 6.12. The van der Waals surface area contributed by atoms with Gasteiger partial charge in [0.25, 0.3) is 0 Å². The van der Waals surface area contributed by atoms with Crippen LogP contribution in [0.5, 0.6) is 0 Å². The molecule has 104 heavy (non-hydrogen) atoms. The van der Waals surface area contributed by atoms with Gasteiger partial charge in [-0.05, 0) is 201 Å². The van der Waals surface area contributed by atoms with Gasteiger partial charge in [0.2, 0.25) is 0 Å². The Bertz CT molecular complexity index is 5810. The van der Waals surface area contributed by atoms with Gasteiger partial charge in [0.15, 0.2) is 0 Å². The van der Waals surface area contributed by atoms with Crippen molar-refractivity contribution in [2.75, 3.05) is 19.6 Å². The van der Waals surface area contributed by atoms with Crippen molar-refractivity contribution in [1.29, 1.82) is 0 Å². The maximum Gasteiger partial charge on any atom is 0.0742 e. The molecule has 1 aliphatic rings. The molecule has 0 unspecified atom stereocenters. The van der Waals surface area contributed by atoms with Gasteiger partial charge in [0.1, 0.15) is 0 Å². The molecular formula is C99H69N5. The zero-order valence-corrected chi connectivity index (χ0v) is 57.1. The Kier molecular flexibility index (Phi) is 15.4. The lowest BCUT2D eigenvalue weighted by Crippen LogP contribution is -2.35. The second-order valence-electron chi connectivity index (χ2n) is 26.8. The largest absolute Gasteiger partial charge is 0.311 e. The maximum absolute atomic E-state index is 2.52. The number of rotatable bonds is 16. The predicted molar refractivity (Wildman–Crippen MR) is 437 cm³/mol. The van der Waals surface area contributed by atoms with Crippen molar-refractivity contribution in [3.8, 4) is 27.9 Å². The standard InChI is InChI=1S/C99H69N5/c1-5-24-70(25-6-1)72-46-54-80(55-47-72)100(84-62-66-86(67-63-84)102(78-32-9-3-10-33-78)94-44-21-30-74-28-13-15-36-88(74)94)82-58-50-76(51-59-82)99(92-40-18-20-43-97(92)104-96-42-19-17-38-90(96)91-39-23-41-93(99)98(91)104)77-52-60-83(61-53-77)101(81-56-48-73(49-57-81)71-26-7-2-8-27-71)85-64-68-87(69-65-85)103(79-34-11-4-12-35-79)95-45-22-31-75-29-14-16-37-89(75)95/h1-69H. The summed E-state index contributed by atoms with van der Waals surface area (Å²) in [6, 6.07) is 153. The van der Waals surface area contributed by atoms with Crippen molar-refractivity contribution in [2.24, 2.45) is 0 Å². The van der Waals surface area contributed by atoms with E-state index < -0.39 is 5.41 Å². The van der Waals surface area contributed by atoms with Crippen molar-refractivity contribution in [3.05, 3.63) is 441 Å². The first-order valence-electron chi connectivity index (χ1n) is 35.7. The first kappa shape index (κ1) is 61.4. The molecular weight excluding hydrogens is 1260 g/mol. The van der Waals surface area contributed by atoms with Crippen LogP contribution in [0.1, 0.15) is 22.3 Å². The van der Waals surface area contributed by atoms with Gasteiger partial charge in [0.05, 0.1) is 33.5 Å². The van der Waals surface area contributed by atoms with E-state index in [0.29, 0.717) is 0 Å². The van der Waals surface area contributed by atoms with Gasteiger partial charge < -0.3 is 24.2 Å². The van der Waals surface area contributed by atoms with E-state index in [1.807, 2.05) is 0 Å². The van der Waals surface area contributed by atoms with Crippen molar-refractivity contribution in [3.63, 3.8) is 0 Å². The second kappa shape index (κ2) is 26.1. The van der Waals surface area contributed by atoms with Crippen molar-refractivity contribution in [1.82, 2.24) is 4.57 Å². The number of para-hydroxylation sites is 5. The van der Waals surface area contributed by atoms with Crippen LogP contribution in [0.25, 0.3) is 71.3 Å². The Morgan fingerprint density at radius 3 is 0.942 bits per heavy atom. The van der Waals surface area contributed by atoms with E-state index in [2.05, 4.69) is 443 Å². The zero-order chi connectivity index (χ0) is 68.9. The molecule has 0 aliphatic carbocycles. The molecule has 1 aliphatic heterocycles. The molecule has 0 N–H and O–H groups in total. The lowest BCUT2D eigenvalue weighted by Gasteiger charge is -2.42. The lowest BCUT2D eigenvalue weighted by atomic mass is 9.63. The smallest absolute Gasteiger partial charge is 0.0742 e. The molecule has 0 saturated carbocycles. The predicted octanol–water partition coefficient (Wildman–Crippen LogP) is 27.0. The van der Waals surface area contributed by atoms with Gasteiger partial charge in [-0.1, -0.05) is 273 Å². The van der Waals surface area contributed by atoms with Crippen LogP contribution in [0, 0.1) is 0 Å². The molecule has 17 aromatic carbocycles. The summed E-state index contributed by atoms with van der Waals surface area (Å²) in [5, 5.41) is 7.22. The van der Waals surface area contributed by atoms with Crippen LogP contribution in [0.4, 0.5) is 68.2 Å². The fourth-order valence-electron chi connectivity index (χ4n) is 16.3. The van der Waals surface area contributed by atoms with E-state index in [1.54, 1.807) is 0 Å². The summed E-state index contributed by atoms with van der Waals surface area (Å²) in [6.45, 7) is 0. The number of benzene rings is 17. The van der Waals surface area contributed by atoms with Crippen LogP contribution in [0.15, 0.2) is 419 Å². The molecule has 0 amide bonds. The molecule has 0 bridgehead atoms. The monoisotopic (exact) mass is 1330 g/mol. The van der Waals surface area contributed by atoms with Crippen molar-refractivity contribution in [2.45, 2.75) is 5.41 Å². The van der Waals surface area contributed by atoms with Gasteiger partial charge in [-0.25, -0.2) is 0 Å². The first-order valence-corrected chi connectivity index (χ1v) is 35.7. The third-order valence-corrected chi connectivity index (χ3v) is 21.0. The zero-order valence-electron chi connectivity index (χ0n) is 57.1. The summed E-state index contributed by atoms with van der Waals surface area (Å²) in [7, 11) is 0. The third kappa shape index (κ3) is 10.6. The summed E-state index contributed by atoms with van der Waals surface area (Å²) in [6.07, 6.45) is 0. The van der Waals surface area contributed by atoms with E-state index in [1.165, 1.54) is 65.6 Å². The highest BCUT2D eigenvalue weighted by Gasteiger charge is 2.45. The van der Waals surface area contributed by atoms with E-state index in [4.69, 9.17) is 0 Å². The van der Waals surface area contributed by atoms with Crippen LogP contribution < -0.4 is 19.6 Å². The number of hydrogen-bond donors (Lipinski definition) is 0. The minimum absolute atomic E-state index is 0.795. The topological polar surface area (TPSA) is 17.9 Å². The number of nitrogens with zero attached hydrogens (tertiary/aromatic N) is 5. The molecule has 0 radical (unpaired) electrons. The lowest BCUT2D eigenvalue weighted by molar-refractivity contribution is 0.728. The summed E-state index contributed by atoms with van der Waals surface area (Å²) in [5.41, 5.74) is 25.0. The molecule has 5 heteroatoms. The number of fused-ring (bicyclic) bond motifs is 7. The molecule has 0 fully saturated rings. The van der Waals surface area contributed by atoms with Crippen LogP contribution >= 0.6 is 0 Å². The summed E-state index contributed by atoms with van der Waals surface area (Å²) in [5.74, 6) is 0. The molecule has 1 aromatic heterocycles. The highest BCUT2D eigenvalue weighted by atomic mass is 15.2. The average Bonchev–Trinajstić information content (AvgIpc) is 1.47. The van der Waals surface area contributed by atoms with Crippen LogP contribution in [0.2, 0.25) is 0 Å². The highest BCUT2D eigenvalue weighted by Crippen LogP contribution is 2.56. The number of anilines is 12. The van der Waals surface area contributed by atoms with Gasteiger partial charge in [-0.2, -0.15) is 0 Å². The van der Waals surface area contributed by atoms with E-state index in [-0.39, 0.29) is 0 Å². The number of hydrogen-bond acceptors (Lipinski definition) is 4. The molecule has 0 atom stereocenters. The summed E-state index contributed by atoms with van der Waals surface area (Å²) < 4.78 is 2.52. The summed E-state index contributed by atoms with van der Waals surface area (Å²) in [4.78, 5) is 9.55. The summed E-state index contributed by atoms with van der Waals surface area (Å²) >= 11 is 0. The minimum Gasteiger partial charge on any atom is -0.311 e. The van der Waals surface area contributed by atoms with Gasteiger partial charge in [-0.15, -0.1) is 0 Å². The minimum atomic E-state index is -0.795. The fourth-order valence-corrected chi connectivity index (χ4v) is 16.3. The SMILES string of the molecule is c1ccc(-c2ccc(N(c3ccc(N(c4ccccc4)c4cccc5ccccc45)cc3)c3ccc(C4(c5ccc(N(c6ccc(-c7ccccc7)cc6)c6ccc(N(c7ccccc7)c7cccc8ccccc78)cc6)cc5)c5ccccc5-n5c6ccccc6c6cccc4c65)cc3)cc2)cc1. The van der Waals surface area contributed by atoms with E-state index in [9.17, 15) is 0 Å². The quantitative estimate of drug-likeness (QED) is 0.0959. The molecule has 2 heterocycles. The van der Waals surface area contributed by atoms with Gasteiger partial charge in [0, 0.05) is 78.4 Å². The molecule has 0 spiro atoms. The van der Waals surface area contributed by atoms with E-state index in [0.717, 1.165) is 96.2 Å². The van der Waals surface area contributed by atoms with Crippen LogP contribution in [0.3, 0.4) is 0 Å². The molecule has 490 valence electrons. The van der Waals surface area contributed by atoms with Gasteiger partial charge >= 0.3 is 0 Å². The molecule has 0 saturated heterocycles.